The third-order valence-electron chi connectivity index (χ3n) is 7.67. The summed E-state index contributed by atoms with van der Waals surface area (Å²) < 4.78 is 11.1. The topological polar surface area (TPSA) is 38.7 Å². The molecule has 0 aromatic heterocycles. The second kappa shape index (κ2) is 6.74. The third-order valence-corrected chi connectivity index (χ3v) is 7.67. The molecule has 0 unspecified atom stereocenters. The monoisotopic (exact) mass is 360 g/mol. The molecule has 0 amide bonds. The van der Waals surface area contributed by atoms with Crippen LogP contribution >= 0.6 is 0 Å². The van der Waals surface area contributed by atoms with Crippen molar-refractivity contribution >= 4 is 0 Å². The molecule has 3 heteroatoms. The Morgan fingerprint density at radius 3 is 2.42 bits per heavy atom. The summed E-state index contributed by atoms with van der Waals surface area (Å²) in [5.41, 5.74) is 0.993. The molecule has 3 rings (SSSR count). The van der Waals surface area contributed by atoms with Crippen LogP contribution in [0.1, 0.15) is 65.4 Å². The van der Waals surface area contributed by atoms with Crippen molar-refractivity contribution in [2.75, 3.05) is 14.2 Å². The maximum atomic E-state index is 11.4. The van der Waals surface area contributed by atoms with E-state index in [0.717, 1.165) is 36.3 Å². The highest BCUT2D eigenvalue weighted by molar-refractivity contribution is 5.41. The van der Waals surface area contributed by atoms with Crippen LogP contribution < -0.4 is 9.47 Å². The molecule has 0 bridgehead atoms. The van der Waals surface area contributed by atoms with Crippen molar-refractivity contribution in [3.05, 3.63) is 23.8 Å². The van der Waals surface area contributed by atoms with E-state index in [1.54, 1.807) is 14.2 Å². The highest BCUT2D eigenvalue weighted by Gasteiger charge is 2.57. The van der Waals surface area contributed by atoms with Crippen LogP contribution in [0.5, 0.6) is 11.5 Å². The fourth-order valence-electron chi connectivity index (χ4n) is 6.34. The minimum absolute atomic E-state index is 0.150. The molecule has 4 atom stereocenters. The molecule has 0 spiro atoms. The summed E-state index contributed by atoms with van der Waals surface area (Å²) in [5.74, 6) is 2.62. The first-order valence-electron chi connectivity index (χ1n) is 10.1. The van der Waals surface area contributed by atoms with Gasteiger partial charge in [-0.2, -0.15) is 0 Å². The SMILES string of the molecule is COc1ccc(OC)c(C[C@H]2[C@]3(C)CCCC(C)(C)[C@H]3CC[C@@]2(C)O)c1. The predicted octanol–water partition coefficient (Wildman–Crippen LogP) is 5.24. The highest BCUT2D eigenvalue weighted by atomic mass is 16.5. The van der Waals surface area contributed by atoms with Gasteiger partial charge in [0.1, 0.15) is 11.5 Å². The Hall–Kier alpha value is -1.22. The lowest BCUT2D eigenvalue weighted by atomic mass is 9.45. The maximum Gasteiger partial charge on any atom is 0.122 e. The third kappa shape index (κ3) is 3.24. The molecule has 0 saturated heterocycles. The van der Waals surface area contributed by atoms with Gasteiger partial charge >= 0.3 is 0 Å². The van der Waals surface area contributed by atoms with Gasteiger partial charge in [0.15, 0.2) is 0 Å². The molecule has 0 aliphatic heterocycles. The van der Waals surface area contributed by atoms with Gasteiger partial charge in [-0.3, -0.25) is 0 Å². The van der Waals surface area contributed by atoms with E-state index in [1.165, 1.54) is 19.3 Å². The van der Waals surface area contributed by atoms with Crippen molar-refractivity contribution in [3.8, 4) is 11.5 Å². The van der Waals surface area contributed by atoms with Crippen LogP contribution in [0, 0.1) is 22.7 Å². The Morgan fingerprint density at radius 1 is 1.04 bits per heavy atom. The first kappa shape index (κ1) is 19.5. The molecule has 2 aliphatic carbocycles. The first-order valence-corrected chi connectivity index (χ1v) is 10.1. The summed E-state index contributed by atoms with van der Waals surface area (Å²) in [5, 5.41) is 11.4. The maximum absolute atomic E-state index is 11.4. The number of rotatable bonds is 4. The smallest absolute Gasteiger partial charge is 0.122 e. The molecular formula is C23H36O3. The second-order valence-corrected chi connectivity index (χ2v) is 9.73. The highest BCUT2D eigenvalue weighted by Crippen LogP contribution is 2.62. The van der Waals surface area contributed by atoms with Crippen LogP contribution in [-0.4, -0.2) is 24.9 Å². The van der Waals surface area contributed by atoms with Crippen molar-refractivity contribution in [1.29, 1.82) is 0 Å². The number of ether oxygens (including phenoxy) is 2. The molecule has 26 heavy (non-hydrogen) atoms. The van der Waals surface area contributed by atoms with Crippen molar-refractivity contribution in [3.63, 3.8) is 0 Å². The fraction of sp³-hybridized carbons (Fsp3) is 0.739. The number of methoxy groups -OCH3 is 2. The summed E-state index contributed by atoms with van der Waals surface area (Å²) in [4.78, 5) is 0. The van der Waals surface area contributed by atoms with Gasteiger partial charge in [-0.05, 0) is 85.5 Å². The van der Waals surface area contributed by atoms with Gasteiger partial charge in [0.2, 0.25) is 0 Å². The van der Waals surface area contributed by atoms with Crippen molar-refractivity contribution < 1.29 is 14.6 Å². The van der Waals surface area contributed by atoms with Crippen LogP contribution in [0.15, 0.2) is 18.2 Å². The molecule has 1 aromatic carbocycles. The van der Waals surface area contributed by atoms with Crippen molar-refractivity contribution in [1.82, 2.24) is 0 Å². The van der Waals surface area contributed by atoms with Gasteiger partial charge in [-0.1, -0.05) is 27.2 Å². The summed E-state index contributed by atoms with van der Waals surface area (Å²) in [7, 11) is 3.42. The molecular weight excluding hydrogens is 324 g/mol. The van der Waals surface area contributed by atoms with Crippen LogP contribution in [0.2, 0.25) is 0 Å². The zero-order chi connectivity index (χ0) is 19.2. The van der Waals surface area contributed by atoms with Gasteiger partial charge in [0.25, 0.3) is 0 Å². The van der Waals surface area contributed by atoms with E-state index in [-0.39, 0.29) is 11.3 Å². The van der Waals surface area contributed by atoms with Gasteiger partial charge in [-0.25, -0.2) is 0 Å². The van der Waals surface area contributed by atoms with Gasteiger partial charge in [0.05, 0.1) is 19.8 Å². The van der Waals surface area contributed by atoms with Crippen molar-refractivity contribution in [2.45, 2.75) is 71.8 Å². The van der Waals surface area contributed by atoms with E-state index in [0.29, 0.717) is 11.3 Å². The number of hydrogen-bond donors (Lipinski definition) is 1. The lowest BCUT2D eigenvalue weighted by Crippen LogP contribution is -2.58. The zero-order valence-electron chi connectivity index (χ0n) is 17.4. The standard InChI is InChI=1S/C23H36O3/c1-21(2)11-7-12-22(3)19(21)10-13-23(4,24)20(22)15-16-14-17(25-5)8-9-18(16)26-6/h8-9,14,19-20,24H,7,10-13,15H2,1-6H3/t19-,20+,22-,23-/m1/s1. The fourth-order valence-corrected chi connectivity index (χ4v) is 6.34. The number of fused-ring (bicyclic) bond motifs is 1. The number of benzene rings is 1. The molecule has 2 saturated carbocycles. The normalized spacial score (nSPS) is 36.3. The average Bonchev–Trinajstić information content (AvgIpc) is 2.57. The Morgan fingerprint density at radius 2 is 1.77 bits per heavy atom. The van der Waals surface area contributed by atoms with Gasteiger partial charge in [-0.15, -0.1) is 0 Å². The molecule has 1 aromatic rings. The molecule has 146 valence electrons. The molecule has 0 radical (unpaired) electrons. The number of hydrogen-bond acceptors (Lipinski definition) is 3. The van der Waals surface area contributed by atoms with E-state index in [4.69, 9.17) is 9.47 Å². The Bertz CT molecular complexity index is 649. The van der Waals surface area contributed by atoms with Crippen LogP contribution in [0.3, 0.4) is 0 Å². The first-order chi connectivity index (χ1) is 12.1. The predicted molar refractivity (Wildman–Crippen MR) is 106 cm³/mol. The summed E-state index contributed by atoms with van der Waals surface area (Å²) in [6.45, 7) is 9.34. The summed E-state index contributed by atoms with van der Waals surface area (Å²) >= 11 is 0. The van der Waals surface area contributed by atoms with Gasteiger partial charge < -0.3 is 14.6 Å². The molecule has 3 nitrogen and oxygen atoms in total. The summed E-state index contributed by atoms with van der Waals surface area (Å²) in [6, 6.07) is 6.00. The second-order valence-electron chi connectivity index (χ2n) is 9.73. The molecule has 2 aliphatic rings. The average molecular weight is 361 g/mol. The van der Waals surface area contributed by atoms with Crippen LogP contribution in [0.4, 0.5) is 0 Å². The van der Waals surface area contributed by atoms with E-state index in [2.05, 4.69) is 26.8 Å². The van der Waals surface area contributed by atoms with E-state index >= 15 is 0 Å². The Labute approximate surface area is 159 Å². The lowest BCUT2D eigenvalue weighted by molar-refractivity contribution is -0.166. The lowest BCUT2D eigenvalue weighted by Gasteiger charge is -2.61. The molecule has 2 fully saturated rings. The quantitative estimate of drug-likeness (QED) is 0.798. The Balaban J connectivity index is 2.01. The minimum Gasteiger partial charge on any atom is -0.497 e. The van der Waals surface area contributed by atoms with E-state index in [1.807, 2.05) is 19.1 Å². The van der Waals surface area contributed by atoms with E-state index < -0.39 is 5.60 Å². The van der Waals surface area contributed by atoms with Crippen molar-refractivity contribution in [2.24, 2.45) is 22.7 Å². The largest absolute Gasteiger partial charge is 0.497 e. The minimum atomic E-state index is -0.646. The summed E-state index contributed by atoms with van der Waals surface area (Å²) in [6.07, 6.45) is 6.59. The van der Waals surface area contributed by atoms with Crippen LogP contribution in [0.25, 0.3) is 0 Å². The number of aliphatic hydroxyl groups is 1. The van der Waals surface area contributed by atoms with E-state index in [9.17, 15) is 5.11 Å². The molecule has 0 heterocycles. The van der Waals surface area contributed by atoms with Crippen LogP contribution in [-0.2, 0) is 6.42 Å². The Kier molecular flexibility index (Phi) is 5.07. The zero-order valence-corrected chi connectivity index (χ0v) is 17.4. The van der Waals surface area contributed by atoms with Gasteiger partial charge in [0, 0.05) is 0 Å². The molecule has 1 N–H and O–H groups in total.